The van der Waals surface area contributed by atoms with Crippen LogP contribution in [-0.2, 0) is 0 Å². The van der Waals surface area contributed by atoms with Crippen molar-refractivity contribution in [3.63, 3.8) is 0 Å². The molecule has 0 atom stereocenters. The number of rotatable bonds is 3. The van der Waals surface area contributed by atoms with Crippen molar-refractivity contribution in [1.29, 1.82) is 0 Å². The number of aromatic nitrogens is 3. The second-order valence-electron chi connectivity index (χ2n) is 4.17. The summed E-state index contributed by atoms with van der Waals surface area (Å²) in [4.78, 5) is 12.2. The Morgan fingerprint density at radius 1 is 1.05 bits per heavy atom. The van der Waals surface area contributed by atoms with Crippen molar-refractivity contribution in [1.82, 2.24) is 15.0 Å². The molecule has 0 unspecified atom stereocenters. The number of benzene rings is 1. The Balaban J connectivity index is 2.03. The summed E-state index contributed by atoms with van der Waals surface area (Å²) in [5.41, 5.74) is 8.99. The Hall–Kier alpha value is -2.93. The first-order valence-corrected chi connectivity index (χ1v) is 5.97. The first-order chi connectivity index (χ1) is 9.76. The summed E-state index contributed by atoms with van der Waals surface area (Å²) in [7, 11) is 0. The molecule has 2 heterocycles. The highest BCUT2D eigenvalue weighted by molar-refractivity contribution is 5.94. The van der Waals surface area contributed by atoms with E-state index >= 15 is 0 Å². The second-order valence-corrected chi connectivity index (χ2v) is 4.17. The number of hydrogen-bond donors (Lipinski definition) is 4. The lowest BCUT2D eigenvalue weighted by Crippen LogP contribution is -2.11. The van der Waals surface area contributed by atoms with Gasteiger partial charge in [-0.25, -0.2) is 5.84 Å². The third-order valence-corrected chi connectivity index (χ3v) is 2.83. The lowest BCUT2D eigenvalue weighted by molar-refractivity contribution is 1.15. The molecular weight excluding hydrogens is 254 g/mol. The number of nitrogens with one attached hydrogen (secondary N) is 2. The highest BCUT2D eigenvalue weighted by Gasteiger charge is 2.04. The Labute approximate surface area is 115 Å². The zero-order chi connectivity index (χ0) is 13.9. The van der Waals surface area contributed by atoms with Gasteiger partial charge in [0.05, 0.1) is 0 Å². The molecule has 0 bridgehead atoms. The van der Waals surface area contributed by atoms with E-state index in [9.17, 15) is 0 Å². The van der Waals surface area contributed by atoms with Crippen LogP contribution in [0.2, 0.25) is 0 Å². The quantitative estimate of drug-likeness (QED) is 0.421. The van der Waals surface area contributed by atoms with Crippen LogP contribution in [-0.4, -0.2) is 15.0 Å². The van der Waals surface area contributed by atoms with Gasteiger partial charge >= 0.3 is 0 Å². The number of fused-ring (bicyclic) bond motifs is 1. The molecule has 0 amide bonds. The molecular formula is C13H13N7. The van der Waals surface area contributed by atoms with Gasteiger partial charge in [0.1, 0.15) is 11.6 Å². The summed E-state index contributed by atoms with van der Waals surface area (Å²) in [5, 5.41) is 5.29. The second kappa shape index (κ2) is 4.98. The highest BCUT2D eigenvalue weighted by atomic mass is 15.3. The monoisotopic (exact) mass is 267 g/mol. The maximum atomic E-state index is 5.63. The molecule has 0 fully saturated rings. The van der Waals surface area contributed by atoms with E-state index in [1.54, 1.807) is 12.3 Å². The highest BCUT2D eigenvalue weighted by Crippen LogP contribution is 2.25. The summed E-state index contributed by atoms with van der Waals surface area (Å²) < 4.78 is 0. The van der Waals surface area contributed by atoms with Gasteiger partial charge in [-0.3, -0.25) is 4.98 Å². The van der Waals surface area contributed by atoms with Crippen LogP contribution in [0.5, 0.6) is 0 Å². The Morgan fingerprint density at radius 3 is 2.75 bits per heavy atom. The molecule has 0 spiro atoms. The summed E-state index contributed by atoms with van der Waals surface area (Å²) in [5.74, 6) is 6.49. The SMILES string of the molecule is NNc1cc(Nc2cccc3cnccc23)nc(N)n1. The number of hydrogen-bond acceptors (Lipinski definition) is 7. The van der Waals surface area contributed by atoms with Gasteiger partial charge in [0, 0.05) is 34.9 Å². The third kappa shape index (κ3) is 2.29. The number of nitrogens with zero attached hydrogens (tertiary/aromatic N) is 3. The van der Waals surface area contributed by atoms with Crippen molar-refractivity contribution in [3.05, 3.63) is 42.7 Å². The smallest absolute Gasteiger partial charge is 0.223 e. The Kier molecular flexibility index (Phi) is 3.02. The van der Waals surface area contributed by atoms with Crippen molar-refractivity contribution < 1.29 is 0 Å². The molecule has 0 saturated heterocycles. The number of anilines is 4. The van der Waals surface area contributed by atoms with E-state index in [0.29, 0.717) is 11.6 Å². The molecule has 1 aromatic carbocycles. The van der Waals surface area contributed by atoms with Crippen LogP contribution in [0.4, 0.5) is 23.3 Å². The molecule has 3 aromatic rings. The predicted molar refractivity (Wildman–Crippen MR) is 79.3 cm³/mol. The lowest BCUT2D eigenvalue weighted by atomic mass is 10.1. The molecule has 100 valence electrons. The number of nitrogen functional groups attached to an aromatic ring is 2. The van der Waals surface area contributed by atoms with Crippen LogP contribution < -0.4 is 22.3 Å². The molecule has 0 aliphatic carbocycles. The van der Waals surface area contributed by atoms with Crippen molar-refractivity contribution in [3.8, 4) is 0 Å². The molecule has 3 rings (SSSR count). The number of nitrogens with two attached hydrogens (primary N) is 2. The molecule has 2 aromatic heterocycles. The van der Waals surface area contributed by atoms with Crippen LogP contribution in [0.15, 0.2) is 42.7 Å². The largest absolute Gasteiger partial charge is 0.368 e. The van der Waals surface area contributed by atoms with E-state index < -0.39 is 0 Å². The zero-order valence-corrected chi connectivity index (χ0v) is 10.5. The fraction of sp³-hybridized carbons (Fsp3) is 0. The van der Waals surface area contributed by atoms with E-state index in [0.717, 1.165) is 16.5 Å². The van der Waals surface area contributed by atoms with E-state index in [-0.39, 0.29) is 5.95 Å². The van der Waals surface area contributed by atoms with Crippen LogP contribution in [0.25, 0.3) is 10.8 Å². The maximum Gasteiger partial charge on any atom is 0.223 e. The summed E-state index contributed by atoms with van der Waals surface area (Å²) in [6.45, 7) is 0. The Morgan fingerprint density at radius 2 is 1.90 bits per heavy atom. The van der Waals surface area contributed by atoms with Crippen LogP contribution in [0.3, 0.4) is 0 Å². The summed E-state index contributed by atoms with van der Waals surface area (Å²) in [6.07, 6.45) is 3.55. The summed E-state index contributed by atoms with van der Waals surface area (Å²) in [6, 6.07) is 9.50. The molecule has 0 radical (unpaired) electrons. The molecule has 0 aliphatic rings. The van der Waals surface area contributed by atoms with Gasteiger partial charge in [-0.05, 0) is 12.1 Å². The van der Waals surface area contributed by atoms with Gasteiger partial charge in [-0.2, -0.15) is 9.97 Å². The average Bonchev–Trinajstić information content (AvgIpc) is 2.47. The zero-order valence-electron chi connectivity index (χ0n) is 10.5. The van der Waals surface area contributed by atoms with E-state index in [2.05, 4.69) is 25.7 Å². The molecule has 20 heavy (non-hydrogen) atoms. The summed E-state index contributed by atoms with van der Waals surface area (Å²) >= 11 is 0. The van der Waals surface area contributed by atoms with Crippen molar-refractivity contribution in [2.45, 2.75) is 0 Å². The number of hydrazine groups is 1. The topological polar surface area (TPSA) is 115 Å². The molecule has 6 N–H and O–H groups in total. The minimum atomic E-state index is 0.143. The molecule has 7 nitrogen and oxygen atoms in total. The van der Waals surface area contributed by atoms with Crippen molar-refractivity contribution in [2.24, 2.45) is 5.84 Å². The number of pyridine rings is 1. The first kappa shape index (κ1) is 12.1. The third-order valence-electron chi connectivity index (χ3n) is 2.83. The van der Waals surface area contributed by atoms with E-state index in [1.807, 2.05) is 30.5 Å². The average molecular weight is 267 g/mol. The van der Waals surface area contributed by atoms with Gasteiger partial charge in [-0.15, -0.1) is 0 Å². The van der Waals surface area contributed by atoms with E-state index in [4.69, 9.17) is 11.6 Å². The minimum absolute atomic E-state index is 0.143. The van der Waals surface area contributed by atoms with Crippen LogP contribution in [0.1, 0.15) is 0 Å². The van der Waals surface area contributed by atoms with Gasteiger partial charge in [0.25, 0.3) is 0 Å². The fourth-order valence-electron chi connectivity index (χ4n) is 1.97. The maximum absolute atomic E-state index is 5.63. The molecule has 0 saturated carbocycles. The first-order valence-electron chi connectivity index (χ1n) is 5.97. The van der Waals surface area contributed by atoms with Gasteiger partial charge in [-0.1, -0.05) is 12.1 Å². The van der Waals surface area contributed by atoms with Gasteiger partial charge in [0.2, 0.25) is 5.95 Å². The van der Waals surface area contributed by atoms with Crippen LogP contribution in [0, 0.1) is 0 Å². The minimum Gasteiger partial charge on any atom is -0.368 e. The predicted octanol–water partition coefficient (Wildman–Crippen LogP) is 1.64. The normalized spacial score (nSPS) is 10.4. The van der Waals surface area contributed by atoms with Crippen LogP contribution >= 0.6 is 0 Å². The van der Waals surface area contributed by atoms with Crippen molar-refractivity contribution in [2.75, 3.05) is 16.5 Å². The molecule has 0 aliphatic heterocycles. The van der Waals surface area contributed by atoms with Gasteiger partial charge < -0.3 is 16.5 Å². The van der Waals surface area contributed by atoms with E-state index in [1.165, 1.54) is 0 Å². The fourth-order valence-corrected chi connectivity index (χ4v) is 1.97. The Bertz CT molecular complexity index is 751. The lowest BCUT2D eigenvalue weighted by Gasteiger charge is -2.10. The standard InChI is InChI=1S/C13H13N7/c14-13-18-11(6-12(19-13)20-15)17-10-3-1-2-8-7-16-5-4-9(8)10/h1-7H,15H2,(H4,14,17,18,19,20). The van der Waals surface area contributed by atoms with Crippen molar-refractivity contribution >= 4 is 34.0 Å². The molecule has 7 heteroatoms. The van der Waals surface area contributed by atoms with Gasteiger partial charge in [0.15, 0.2) is 0 Å².